The molecule has 0 spiro atoms. The van der Waals surface area contributed by atoms with Crippen LogP contribution < -0.4 is 0 Å². The molecule has 1 aromatic heterocycles. The van der Waals surface area contributed by atoms with Crippen LogP contribution in [0.25, 0.3) is 0 Å². The number of carbonyl (C=O) groups is 2. The fourth-order valence-corrected chi connectivity index (χ4v) is 2.58. The Hall–Kier alpha value is -3.67. The van der Waals surface area contributed by atoms with E-state index in [1.54, 1.807) is 42.7 Å². The maximum absolute atomic E-state index is 12.0. The summed E-state index contributed by atoms with van der Waals surface area (Å²) in [5.41, 5.74) is 3.30. The monoisotopic (exact) mass is 393 g/mol. The minimum absolute atomic E-state index is 0.0400. The van der Waals surface area contributed by atoms with Gasteiger partial charge >= 0.3 is 5.97 Å². The van der Waals surface area contributed by atoms with E-state index in [2.05, 4.69) is 9.72 Å². The molecule has 150 valence electrons. The highest BCUT2D eigenvalue weighted by molar-refractivity contribution is 5.99. The molecule has 0 atom stereocenters. The number of phenolic OH excluding ortho intramolecular Hbond substituents is 2. The highest BCUT2D eigenvalue weighted by Crippen LogP contribution is 2.20. The van der Waals surface area contributed by atoms with Crippen molar-refractivity contribution in [1.29, 1.82) is 0 Å². The second-order valence-electron chi connectivity index (χ2n) is 6.49. The molecular formula is C23H23NO5. The molecule has 29 heavy (non-hydrogen) atoms. The van der Waals surface area contributed by atoms with Crippen LogP contribution >= 0.6 is 0 Å². The van der Waals surface area contributed by atoms with Crippen molar-refractivity contribution in [1.82, 2.24) is 4.98 Å². The lowest BCUT2D eigenvalue weighted by Gasteiger charge is -2.04. The van der Waals surface area contributed by atoms with E-state index in [-0.39, 0.29) is 29.3 Å². The summed E-state index contributed by atoms with van der Waals surface area (Å²) >= 11 is 0. The average molecular weight is 393 g/mol. The number of esters is 1. The van der Waals surface area contributed by atoms with Gasteiger partial charge < -0.3 is 14.9 Å². The fourth-order valence-electron chi connectivity index (χ4n) is 2.58. The Morgan fingerprint density at radius 2 is 1.38 bits per heavy atom. The Balaban J connectivity index is 0.000000221. The molecule has 0 saturated carbocycles. The summed E-state index contributed by atoms with van der Waals surface area (Å²) in [6.45, 7) is 3.71. The van der Waals surface area contributed by atoms with E-state index < -0.39 is 5.97 Å². The molecule has 3 aromatic rings. The third kappa shape index (κ3) is 6.17. The van der Waals surface area contributed by atoms with Crippen LogP contribution in [0.2, 0.25) is 0 Å². The molecule has 0 unspecified atom stereocenters. The number of pyridine rings is 1. The van der Waals surface area contributed by atoms with Crippen LogP contribution in [-0.2, 0) is 11.2 Å². The first-order valence-corrected chi connectivity index (χ1v) is 8.91. The number of carbonyl (C=O) groups excluding carboxylic acids is 2. The van der Waals surface area contributed by atoms with Crippen molar-refractivity contribution >= 4 is 11.8 Å². The average Bonchev–Trinajstić information content (AvgIpc) is 2.68. The van der Waals surface area contributed by atoms with E-state index >= 15 is 0 Å². The SMILES string of the molecule is COC(=O)c1ccc(C)cc1O.Cc1ccc(C(=O)Cc2ccncc2)c(O)c1. The number of hydrogen-bond acceptors (Lipinski definition) is 6. The zero-order valence-corrected chi connectivity index (χ0v) is 16.5. The summed E-state index contributed by atoms with van der Waals surface area (Å²) in [6.07, 6.45) is 3.58. The molecular weight excluding hydrogens is 370 g/mol. The predicted octanol–water partition coefficient (Wildman–Crippen LogP) is 4.01. The molecule has 0 saturated heterocycles. The molecule has 6 nitrogen and oxygen atoms in total. The van der Waals surface area contributed by atoms with Crippen LogP contribution in [0.5, 0.6) is 11.5 Å². The van der Waals surface area contributed by atoms with Gasteiger partial charge in [0.25, 0.3) is 0 Å². The van der Waals surface area contributed by atoms with Gasteiger partial charge in [0, 0.05) is 18.8 Å². The third-order valence-electron chi connectivity index (χ3n) is 4.13. The number of aryl methyl sites for hydroxylation is 2. The number of rotatable bonds is 4. The van der Waals surface area contributed by atoms with E-state index in [0.717, 1.165) is 16.7 Å². The molecule has 2 N–H and O–H groups in total. The molecule has 0 fully saturated rings. The van der Waals surface area contributed by atoms with E-state index in [0.29, 0.717) is 5.56 Å². The molecule has 0 radical (unpaired) electrons. The highest BCUT2D eigenvalue weighted by atomic mass is 16.5. The second-order valence-corrected chi connectivity index (χ2v) is 6.49. The summed E-state index contributed by atoms with van der Waals surface area (Å²) in [7, 11) is 1.28. The van der Waals surface area contributed by atoms with E-state index in [1.165, 1.54) is 19.2 Å². The number of nitrogens with zero attached hydrogens (tertiary/aromatic N) is 1. The Kier molecular flexibility index (Phi) is 7.48. The number of methoxy groups -OCH3 is 1. The fraction of sp³-hybridized carbons (Fsp3) is 0.174. The normalized spacial score (nSPS) is 9.90. The van der Waals surface area contributed by atoms with Gasteiger partial charge in [0.2, 0.25) is 0 Å². The van der Waals surface area contributed by atoms with Gasteiger partial charge in [0.1, 0.15) is 17.1 Å². The zero-order valence-electron chi connectivity index (χ0n) is 16.5. The first-order valence-electron chi connectivity index (χ1n) is 8.91. The number of phenols is 2. The Bertz CT molecular complexity index is 999. The van der Waals surface area contributed by atoms with Crippen molar-refractivity contribution in [3.63, 3.8) is 0 Å². The maximum Gasteiger partial charge on any atom is 0.341 e. The number of hydrogen-bond donors (Lipinski definition) is 2. The van der Waals surface area contributed by atoms with Crippen molar-refractivity contribution in [3.05, 3.63) is 88.7 Å². The highest BCUT2D eigenvalue weighted by Gasteiger charge is 2.12. The molecule has 6 heteroatoms. The molecule has 0 aliphatic carbocycles. The van der Waals surface area contributed by atoms with Crippen molar-refractivity contribution < 1.29 is 24.5 Å². The van der Waals surface area contributed by atoms with Gasteiger partial charge in [-0.25, -0.2) is 4.79 Å². The number of ketones is 1. The summed E-state index contributed by atoms with van der Waals surface area (Å²) in [4.78, 5) is 26.8. The van der Waals surface area contributed by atoms with E-state index in [9.17, 15) is 19.8 Å². The summed E-state index contributed by atoms with van der Waals surface area (Å²) in [6, 6.07) is 13.5. The maximum atomic E-state index is 12.0. The van der Waals surface area contributed by atoms with Crippen molar-refractivity contribution in [2.75, 3.05) is 7.11 Å². The predicted molar refractivity (Wildman–Crippen MR) is 109 cm³/mol. The van der Waals surface area contributed by atoms with Crippen LogP contribution in [0, 0.1) is 13.8 Å². The lowest BCUT2D eigenvalue weighted by molar-refractivity contribution is 0.0597. The van der Waals surface area contributed by atoms with Crippen LogP contribution in [-0.4, -0.2) is 34.1 Å². The van der Waals surface area contributed by atoms with Crippen LogP contribution in [0.15, 0.2) is 60.9 Å². The van der Waals surface area contributed by atoms with Crippen molar-refractivity contribution in [2.45, 2.75) is 20.3 Å². The molecule has 0 aliphatic heterocycles. The first-order chi connectivity index (χ1) is 13.8. The largest absolute Gasteiger partial charge is 0.507 e. The van der Waals surface area contributed by atoms with Crippen LogP contribution in [0.4, 0.5) is 0 Å². The third-order valence-corrected chi connectivity index (χ3v) is 4.13. The molecule has 2 aromatic carbocycles. The Morgan fingerprint density at radius 3 is 1.86 bits per heavy atom. The summed E-state index contributed by atoms with van der Waals surface area (Å²) in [5.74, 6) is -0.605. The lowest BCUT2D eigenvalue weighted by atomic mass is 10.0. The van der Waals surface area contributed by atoms with E-state index in [1.807, 2.05) is 19.9 Å². The minimum atomic E-state index is -0.521. The molecule has 1 heterocycles. The van der Waals surface area contributed by atoms with Gasteiger partial charge in [-0.1, -0.05) is 12.1 Å². The van der Waals surface area contributed by atoms with E-state index in [4.69, 9.17) is 0 Å². The number of aromatic nitrogens is 1. The molecule has 0 aliphatic rings. The van der Waals surface area contributed by atoms with Crippen molar-refractivity contribution in [3.8, 4) is 11.5 Å². The van der Waals surface area contributed by atoms with Gasteiger partial charge in [-0.3, -0.25) is 9.78 Å². The Labute approximate surface area is 169 Å². The molecule has 3 rings (SSSR count). The second kappa shape index (κ2) is 10.0. The van der Waals surface area contributed by atoms with Crippen LogP contribution in [0.1, 0.15) is 37.4 Å². The lowest BCUT2D eigenvalue weighted by Crippen LogP contribution is -2.04. The van der Waals surface area contributed by atoms with Gasteiger partial charge in [-0.15, -0.1) is 0 Å². The zero-order chi connectivity index (χ0) is 21.4. The standard InChI is InChI=1S/C14H13NO2.C9H10O3/c1-10-2-3-12(13(16)8-10)14(17)9-11-4-6-15-7-5-11;1-6-3-4-7(8(10)5-6)9(11)12-2/h2-8,16H,9H2,1H3;3-5,10H,1-2H3. The summed E-state index contributed by atoms with van der Waals surface area (Å²) < 4.78 is 4.46. The van der Waals surface area contributed by atoms with Gasteiger partial charge in [-0.05, 0) is 66.9 Å². The summed E-state index contributed by atoms with van der Waals surface area (Å²) in [5, 5.41) is 19.0. The quantitative estimate of drug-likeness (QED) is 0.514. The van der Waals surface area contributed by atoms with Crippen molar-refractivity contribution in [2.24, 2.45) is 0 Å². The van der Waals surface area contributed by atoms with Crippen LogP contribution in [0.3, 0.4) is 0 Å². The topological polar surface area (TPSA) is 96.7 Å². The van der Waals surface area contributed by atoms with Gasteiger partial charge in [0.15, 0.2) is 5.78 Å². The smallest absolute Gasteiger partial charge is 0.341 e. The van der Waals surface area contributed by atoms with Gasteiger partial charge in [0.05, 0.1) is 12.7 Å². The number of benzene rings is 2. The number of ether oxygens (including phenoxy) is 1. The molecule has 0 bridgehead atoms. The minimum Gasteiger partial charge on any atom is -0.507 e. The first kappa shape index (κ1) is 21.6. The Morgan fingerprint density at radius 1 is 0.862 bits per heavy atom. The number of Topliss-reactive ketones (excluding diaryl/α,β-unsaturated/α-hetero) is 1. The van der Waals surface area contributed by atoms with Gasteiger partial charge in [-0.2, -0.15) is 0 Å². The number of aromatic hydroxyl groups is 2. The molecule has 0 amide bonds.